The molecule has 1 heterocycles. The SMILES string of the molecule is CCOCc1cc(C=NNc2nc(-c3ccccc3)cs2)ccc1OC. The molecule has 0 unspecified atom stereocenters. The molecular formula is C20H21N3O2S. The van der Waals surface area contributed by atoms with Crippen molar-refractivity contribution in [3.63, 3.8) is 0 Å². The first-order valence-corrected chi connectivity index (χ1v) is 9.22. The van der Waals surface area contributed by atoms with Crippen molar-refractivity contribution < 1.29 is 9.47 Å². The van der Waals surface area contributed by atoms with Crippen molar-refractivity contribution >= 4 is 22.7 Å². The molecule has 3 rings (SSSR count). The van der Waals surface area contributed by atoms with Crippen LogP contribution in [-0.4, -0.2) is 24.9 Å². The van der Waals surface area contributed by atoms with Crippen LogP contribution in [0.2, 0.25) is 0 Å². The summed E-state index contributed by atoms with van der Waals surface area (Å²) in [5.74, 6) is 0.816. The van der Waals surface area contributed by atoms with Crippen molar-refractivity contribution in [3.05, 3.63) is 65.0 Å². The Bertz CT molecular complexity index is 863. The van der Waals surface area contributed by atoms with Gasteiger partial charge in [0.05, 0.1) is 25.6 Å². The van der Waals surface area contributed by atoms with E-state index in [9.17, 15) is 0 Å². The van der Waals surface area contributed by atoms with Gasteiger partial charge in [-0.2, -0.15) is 5.10 Å². The Morgan fingerprint density at radius 1 is 1.19 bits per heavy atom. The molecule has 0 spiro atoms. The Hall–Kier alpha value is -2.70. The summed E-state index contributed by atoms with van der Waals surface area (Å²) in [5, 5.41) is 7.05. The number of methoxy groups -OCH3 is 1. The lowest BCUT2D eigenvalue weighted by Gasteiger charge is -2.09. The molecule has 0 saturated carbocycles. The first-order valence-electron chi connectivity index (χ1n) is 8.35. The van der Waals surface area contributed by atoms with Crippen molar-refractivity contribution in [1.29, 1.82) is 0 Å². The van der Waals surface area contributed by atoms with E-state index in [-0.39, 0.29) is 0 Å². The van der Waals surface area contributed by atoms with Gasteiger partial charge < -0.3 is 9.47 Å². The van der Waals surface area contributed by atoms with Crippen LogP contribution in [-0.2, 0) is 11.3 Å². The third-order valence-corrected chi connectivity index (χ3v) is 4.46. The van der Waals surface area contributed by atoms with Gasteiger partial charge in [0, 0.05) is 23.1 Å². The van der Waals surface area contributed by atoms with Gasteiger partial charge in [-0.1, -0.05) is 30.3 Å². The molecule has 26 heavy (non-hydrogen) atoms. The minimum absolute atomic E-state index is 0.516. The fourth-order valence-electron chi connectivity index (χ4n) is 2.43. The number of hydrogen-bond donors (Lipinski definition) is 1. The zero-order chi connectivity index (χ0) is 18.2. The third-order valence-electron chi connectivity index (χ3n) is 3.71. The van der Waals surface area contributed by atoms with Crippen molar-refractivity contribution in [2.75, 3.05) is 19.1 Å². The number of rotatable bonds is 8. The van der Waals surface area contributed by atoms with E-state index in [1.54, 1.807) is 13.3 Å². The number of nitrogens with one attached hydrogen (secondary N) is 1. The molecule has 0 amide bonds. The van der Waals surface area contributed by atoms with E-state index in [0.29, 0.717) is 13.2 Å². The summed E-state index contributed by atoms with van der Waals surface area (Å²) in [6, 6.07) is 16.0. The molecule has 0 atom stereocenters. The van der Waals surface area contributed by atoms with Crippen LogP contribution in [0, 0.1) is 0 Å². The van der Waals surface area contributed by atoms with Gasteiger partial charge in [0.25, 0.3) is 0 Å². The van der Waals surface area contributed by atoms with Crippen LogP contribution in [0.4, 0.5) is 5.13 Å². The number of benzene rings is 2. The average Bonchev–Trinajstić information content (AvgIpc) is 3.16. The van der Waals surface area contributed by atoms with Crippen LogP contribution >= 0.6 is 11.3 Å². The average molecular weight is 367 g/mol. The lowest BCUT2D eigenvalue weighted by molar-refractivity contribution is 0.132. The van der Waals surface area contributed by atoms with Crippen molar-refractivity contribution in [1.82, 2.24) is 4.98 Å². The molecule has 0 radical (unpaired) electrons. The Labute approximate surface area is 157 Å². The quantitative estimate of drug-likeness (QED) is 0.459. The van der Waals surface area contributed by atoms with Gasteiger partial charge in [-0.25, -0.2) is 4.98 Å². The van der Waals surface area contributed by atoms with Crippen LogP contribution in [0.25, 0.3) is 11.3 Å². The van der Waals surface area contributed by atoms with Gasteiger partial charge in [0.15, 0.2) is 0 Å². The van der Waals surface area contributed by atoms with E-state index in [1.165, 1.54) is 11.3 Å². The number of hydrogen-bond acceptors (Lipinski definition) is 6. The zero-order valence-corrected chi connectivity index (χ0v) is 15.6. The van der Waals surface area contributed by atoms with Gasteiger partial charge in [-0.05, 0) is 30.7 Å². The van der Waals surface area contributed by atoms with Crippen molar-refractivity contribution in [3.8, 4) is 17.0 Å². The predicted molar refractivity (Wildman–Crippen MR) is 107 cm³/mol. The topological polar surface area (TPSA) is 55.7 Å². The molecule has 5 nitrogen and oxygen atoms in total. The normalized spacial score (nSPS) is 11.0. The maximum Gasteiger partial charge on any atom is 0.203 e. The summed E-state index contributed by atoms with van der Waals surface area (Å²) in [7, 11) is 1.66. The Morgan fingerprint density at radius 3 is 2.81 bits per heavy atom. The Kier molecular flexibility index (Phi) is 6.35. The van der Waals surface area contributed by atoms with E-state index < -0.39 is 0 Å². The second-order valence-electron chi connectivity index (χ2n) is 5.48. The van der Waals surface area contributed by atoms with Gasteiger partial charge in [0.1, 0.15) is 5.75 Å². The van der Waals surface area contributed by atoms with E-state index in [2.05, 4.69) is 15.5 Å². The van der Waals surface area contributed by atoms with E-state index >= 15 is 0 Å². The Balaban J connectivity index is 1.66. The first kappa shape index (κ1) is 18.1. The van der Waals surface area contributed by atoms with Gasteiger partial charge in [-0.3, -0.25) is 5.43 Å². The highest BCUT2D eigenvalue weighted by Gasteiger charge is 2.05. The summed E-state index contributed by atoms with van der Waals surface area (Å²) < 4.78 is 10.9. The van der Waals surface area contributed by atoms with Crippen molar-refractivity contribution in [2.45, 2.75) is 13.5 Å². The second kappa shape index (κ2) is 9.12. The van der Waals surface area contributed by atoms with Crippen LogP contribution in [0.5, 0.6) is 5.75 Å². The number of thiazole rings is 1. The van der Waals surface area contributed by atoms with Crippen LogP contribution in [0.3, 0.4) is 0 Å². The highest BCUT2D eigenvalue weighted by Crippen LogP contribution is 2.24. The zero-order valence-electron chi connectivity index (χ0n) is 14.8. The fourth-order valence-corrected chi connectivity index (χ4v) is 3.10. The van der Waals surface area contributed by atoms with Crippen LogP contribution in [0.15, 0.2) is 59.0 Å². The molecule has 1 aromatic heterocycles. The number of anilines is 1. The highest BCUT2D eigenvalue weighted by molar-refractivity contribution is 7.14. The van der Waals surface area contributed by atoms with E-state index in [0.717, 1.165) is 33.3 Å². The summed E-state index contributed by atoms with van der Waals surface area (Å²) in [5.41, 5.74) is 6.99. The number of nitrogens with zero attached hydrogens (tertiary/aromatic N) is 2. The fraction of sp³-hybridized carbons (Fsp3) is 0.200. The molecule has 0 aliphatic rings. The molecular weight excluding hydrogens is 346 g/mol. The lowest BCUT2D eigenvalue weighted by Crippen LogP contribution is -1.98. The van der Waals surface area contributed by atoms with Crippen molar-refractivity contribution in [2.24, 2.45) is 5.10 Å². The van der Waals surface area contributed by atoms with Crippen LogP contribution in [0.1, 0.15) is 18.1 Å². The van der Waals surface area contributed by atoms with Gasteiger partial charge in [-0.15, -0.1) is 11.3 Å². The molecule has 0 bridgehead atoms. The number of hydrazone groups is 1. The maximum absolute atomic E-state index is 5.49. The molecule has 0 aliphatic heterocycles. The minimum atomic E-state index is 0.516. The third kappa shape index (κ3) is 4.68. The van der Waals surface area contributed by atoms with Gasteiger partial charge in [0.2, 0.25) is 5.13 Å². The Morgan fingerprint density at radius 2 is 2.04 bits per heavy atom. The lowest BCUT2D eigenvalue weighted by atomic mass is 10.1. The summed E-state index contributed by atoms with van der Waals surface area (Å²) in [6.07, 6.45) is 1.76. The molecule has 0 aliphatic carbocycles. The monoisotopic (exact) mass is 367 g/mol. The first-order chi connectivity index (χ1) is 12.8. The number of ether oxygens (including phenoxy) is 2. The molecule has 1 N–H and O–H groups in total. The highest BCUT2D eigenvalue weighted by atomic mass is 32.1. The molecule has 6 heteroatoms. The molecule has 0 fully saturated rings. The molecule has 3 aromatic rings. The standard InChI is InChI=1S/C20H21N3O2S/c1-3-25-13-17-11-15(9-10-19(17)24-2)12-21-23-20-22-18(14-26-20)16-7-5-4-6-8-16/h4-12,14H,3,13H2,1-2H3,(H,22,23). The summed E-state index contributed by atoms with van der Waals surface area (Å²) in [4.78, 5) is 4.55. The molecule has 134 valence electrons. The summed E-state index contributed by atoms with van der Waals surface area (Å²) in [6.45, 7) is 3.15. The molecule has 2 aromatic carbocycles. The largest absolute Gasteiger partial charge is 0.496 e. The minimum Gasteiger partial charge on any atom is -0.496 e. The van der Waals surface area contributed by atoms with E-state index in [4.69, 9.17) is 9.47 Å². The van der Waals surface area contributed by atoms with E-state index in [1.807, 2.05) is 60.8 Å². The number of aromatic nitrogens is 1. The van der Waals surface area contributed by atoms with Gasteiger partial charge >= 0.3 is 0 Å². The smallest absolute Gasteiger partial charge is 0.203 e. The van der Waals surface area contributed by atoms with Crippen LogP contribution < -0.4 is 10.2 Å². The molecule has 0 saturated heterocycles. The maximum atomic E-state index is 5.49. The second-order valence-corrected chi connectivity index (χ2v) is 6.34. The summed E-state index contributed by atoms with van der Waals surface area (Å²) >= 11 is 1.52. The predicted octanol–water partition coefficient (Wildman–Crippen LogP) is 4.80.